The van der Waals surface area contributed by atoms with E-state index in [1.165, 1.54) is 31.5 Å². The lowest BCUT2D eigenvalue weighted by atomic mass is 10.1. The Bertz CT molecular complexity index is 512. The van der Waals surface area contributed by atoms with Gasteiger partial charge in [0.05, 0.1) is 6.10 Å². The van der Waals surface area contributed by atoms with Crippen LogP contribution in [0.25, 0.3) is 0 Å². The lowest BCUT2D eigenvalue weighted by Crippen LogP contribution is -2.29. The van der Waals surface area contributed by atoms with Gasteiger partial charge in [0, 0.05) is 18.8 Å². The fraction of sp³-hybridized carbons (Fsp3) is 0.611. The fourth-order valence-electron chi connectivity index (χ4n) is 3.34. The Kier molecular flexibility index (Phi) is 5.65. The van der Waals surface area contributed by atoms with Gasteiger partial charge in [-0.1, -0.05) is 12.1 Å². The molecule has 126 valence electrons. The van der Waals surface area contributed by atoms with Crippen molar-refractivity contribution < 1.29 is 9.53 Å². The highest BCUT2D eigenvalue weighted by Crippen LogP contribution is 2.21. The van der Waals surface area contributed by atoms with Gasteiger partial charge in [-0.15, -0.1) is 0 Å². The average molecular weight is 317 g/mol. The van der Waals surface area contributed by atoms with Gasteiger partial charge >= 0.3 is 0 Å². The van der Waals surface area contributed by atoms with E-state index in [0.717, 1.165) is 31.5 Å². The minimum Gasteiger partial charge on any atom is -0.364 e. The molecule has 1 aromatic carbocycles. The van der Waals surface area contributed by atoms with Crippen molar-refractivity contribution in [2.75, 3.05) is 31.5 Å². The molecule has 0 unspecified atom stereocenters. The number of nitrogens with zero attached hydrogens (tertiary/aromatic N) is 1. The van der Waals surface area contributed by atoms with E-state index in [9.17, 15) is 4.79 Å². The van der Waals surface area contributed by atoms with Gasteiger partial charge in [-0.25, -0.2) is 0 Å². The zero-order valence-electron chi connectivity index (χ0n) is 13.7. The molecule has 2 aliphatic heterocycles. The Morgan fingerprint density at radius 3 is 2.61 bits per heavy atom. The minimum atomic E-state index is -0.363. The van der Waals surface area contributed by atoms with Crippen LogP contribution < -0.4 is 11.1 Å². The number of hydrogen-bond donors (Lipinski definition) is 2. The molecule has 3 rings (SSSR count). The monoisotopic (exact) mass is 317 g/mol. The molecule has 5 nitrogen and oxygen atoms in total. The van der Waals surface area contributed by atoms with Crippen molar-refractivity contribution in [3.63, 3.8) is 0 Å². The topological polar surface area (TPSA) is 67.6 Å². The van der Waals surface area contributed by atoms with Crippen LogP contribution in [0.2, 0.25) is 0 Å². The molecule has 2 atom stereocenters. The maximum absolute atomic E-state index is 12.2. The lowest BCUT2D eigenvalue weighted by molar-refractivity contribution is -0.126. The third-order valence-corrected chi connectivity index (χ3v) is 4.80. The molecule has 2 heterocycles. The van der Waals surface area contributed by atoms with Gasteiger partial charge in [0.2, 0.25) is 0 Å². The Balaban J connectivity index is 1.46. The largest absolute Gasteiger partial charge is 0.364 e. The third kappa shape index (κ3) is 4.53. The molecule has 0 aromatic heterocycles. The zero-order valence-corrected chi connectivity index (χ0v) is 13.7. The predicted molar refractivity (Wildman–Crippen MR) is 91.4 cm³/mol. The smallest absolute Gasteiger partial charge is 0.253 e. The highest BCUT2D eigenvalue weighted by Gasteiger charge is 2.29. The molecule has 23 heavy (non-hydrogen) atoms. The number of carbonyl (C=O) groups is 1. The molecule has 5 heteroatoms. The minimum absolute atomic E-state index is 0.0266. The first-order valence-corrected chi connectivity index (χ1v) is 8.72. The summed E-state index contributed by atoms with van der Waals surface area (Å²) >= 11 is 0. The van der Waals surface area contributed by atoms with E-state index >= 15 is 0 Å². The summed E-state index contributed by atoms with van der Waals surface area (Å²) in [5.74, 6) is -0.0641. The van der Waals surface area contributed by atoms with Gasteiger partial charge in [-0.05, 0) is 62.9 Å². The van der Waals surface area contributed by atoms with Crippen LogP contribution in [0.5, 0.6) is 0 Å². The number of nitrogens with one attached hydrogen (secondary N) is 1. The van der Waals surface area contributed by atoms with Crippen LogP contribution in [0.1, 0.15) is 31.2 Å². The number of anilines is 1. The van der Waals surface area contributed by atoms with Crippen molar-refractivity contribution in [3.05, 3.63) is 29.8 Å². The van der Waals surface area contributed by atoms with E-state index in [0.29, 0.717) is 6.54 Å². The Morgan fingerprint density at radius 2 is 1.96 bits per heavy atom. The fourth-order valence-corrected chi connectivity index (χ4v) is 3.34. The van der Waals surface area contributed by atoms with Gasteiger partial charge in [0.15, 0.2) is 0 Å². The maximum Gasteiger partial charge on any atom is 0.253 e. The second kappa shape index (κ2) is 7.90. The van der Waals surface area contributed by atoms with E-state index in [1.807, 2.05) is 12.1 Å². The van der Waals surface area contributed by atoms with Gasteiger partial charge in [0.25, 0.3) is 5.91 Å². The highest BCUT2D eigenvalue weighted by molar-refractivity contribution is 5.94. The molecular weight excluding hydrogens is 290 g/mol. The standard InChI is InChI=1S/C18H27N3O2/c19-13-16-7-8-17(23-16)18(22)20-15-5-3-14(4-6-15)9-12-21-10-1-2-11-21/h3-6,16-17H,1-2,7-13,19H2,(H,20,22)/t16-,17+/m1/s1. The summed E-state index contributed by atoms with van der Waals surface area (Å²) in [6.07, 6.45) is 5.01. The molecule has 0 radical (unpaired) electrons. The third-order valence-electron chi connectivity index (χ3n) is 4.80. The summed E-state index contributed by atoms with van der Waals surface area (Å²) < 4.78 is 5.62. The van der Waals surface area contributed by atoms with Gasteiger partial charge < -0.3 is 20.7 Å². The Morgan fingerprint density at radius 1 is 1.22 bits per heavy atom. The molecule has 0 saturated carbocycles. The van der Waals surface area contributed by atoms with Crippen molar-refractivity contribution in [1.82, 2.24) is 4.90 Å². The Hall–Kier alpha value is -1.43. The number of likely N-dealkylation sites (tertiary alicyclic amines) is 1. The average Bonchev–Trinajstić information content (AvgIpc) is 3.25. The molecule has 2 fully saturated rings. The number of benzene rings is 1. The lowest BCUT2D eigenvalue weighted by Gasteiger charge is -2.15. The van der Waals surface area contributed by atoms with Crippen LogP contribution in [-0.4, -0.2) is 49.2 Å². The normalized spacial score (nSPS) is 24.9. The quantitative estimate of drug-likeness (QED) is 0.839. The molecule has 2 saturated heterocycles. The van der Waals surface area contributed by atoms with Crippen molar-refractivity contribution in [2.24, 2.45) is 5.73 Å². The molecule has 2 aliphatic rings. The number of carbonyl (C=O) groups excluding carboxylic acids is 1. The van der Waals surface area contributed by atoms with Gasteiger partial charge in [-0.3, -0.25) is 4.79 Å². The van der Waals surface area contributed by atoms with Crippen LogP contribution in [0.4, 0.5) is 5.69 Å². The summed E-state index contributed by atoms with van der Waals surface area (Å²) in [6, 6.07) is 8.16. The second-order valence-electron chi connectivity index (χ2n) is 6.54. The summed E-state index contributed by atoms with van der Waals surface area (Å²) in [5.41, 5.74) is 7.73. The van der Waals surface area contributed by atoms with E-state index in [4.69, 9.17) is 10.5 Å². The summed E-state index contributed by atoms with van der Waals surface area (Å²) in [5, 5.41) is 2.94. The summed E-state index contributed by atoms with van der Waals surface area (Å²) in [6.45, 7) is 4.08. The highest BCUT2D eigenvalue weighted by atomic mass is 16.5. The predicted octanol–water partition coefficient (Wildman–Crippen LogP) is 1.77. The van der Waals surface area contributed by atoms with Gasteiger partial charge in [0.1, 0.15) is 6.10 Å². The molecule has 0 aliphatic carbocycles. The molecule has 3 N–H and O–H groups in total. The van der Waals surface area contributed by atoms with Gasteiger partial charge in [-0.2, -0.15) is 0 Å². The van der Waals surface area contributed by atoms with Crippen molar-refractivity contribution >= 4 is 11.6 Å². The molecule has 0 bridgehead atoms. The van der Waals surface area contributed by atoms with E-state index in [2.05, 4.69) is 22.3 Å². The number of nitrogens with two attached hydrogens (primary N) is 1. The first-order chi connectivity index (χ1) is 11.2. The SMILES string of the molecule is NC[C@H]1CC[C@@H](C(=O)Nc2ccc(CCN3CCCC3)cc2)O1. The van der Waals surface area contributed by atoms with Crippen LogP contribution in [0.3, 0.4) is 0 Å². The van der Waals surface area contributed by atoms with E-state index in [1.54, 1.807) is 0 Å². The molecule has 1 aromatic rings. The van der Waals surface area contributed by atoms with Crippen LogP contribution >= 0.6 is 0 Å². The van der Waals surface area contributed by atoms with E-state index < -0.39 is 0 Å². The molecule has 1 amide bonds. The summed E-state index contributed by atoms with van der Waals surface area (Å²) in [7, 11) is 0. The second-order valence-corrected chi connectivity index (χ2v) is 6.54. The van der Waals surface area contributed by atoms with Crippen molar-refractivity contribution in [2.45, 2.75) is 44.3 Å². The number of rotatable bonds is 6. The number of amides is 1. The van der Waals surface area contributed by atoms with Crippen molar-refractivity contribution in [1.29, 1.82) is 0 Å². The summed E-state index contributed by atoms with van der Waals surface area (Å²) in [4.78, 5) is 14.7. The first kappa shape index (κ1) is 16.4. The Labute approximate surface area is 138 Å². The molecular formula is C18H27N3O2. The maximum atomic E-state index is 12.2. The first-order valence-electron chi connectivity index (χ1n) is 8.72. The van der Waals surface area contributed by atoms with Crippen LogP contribution in [0, 0.1) is 0 Å². The number of hydrogen-bond acceptors (Lipinski definition) is 4. The van der Waals surface area contributed by atoms with Crippen LogP contribution in [-0.2, 0) is 16.0 Å². The van der Waals surface area contributed by atoms with Crippen molar-refractivity contribution in [3.8, 4) is 0 Å². The van der Waals surface area contributed by atoms with Crippen LogP contribution in [0.15, 0.2) is 24.3 Å². The molecule has 0 spiro atoms. The zero-order chi connectivity index (χ0) is 16.1. The number of ether oxygens (including phenoxy) is 1. The van der Waals surface area contributed by atoms with E-state index in [-0.39, 0.29) is 18.1 Å².